The molecule has 1 aliphatic rings. The molecular weight excluding hydrogens is 215 g/mol. The molecule has 2 heteroatoms. The fourth-order valence-electron chi connectivity index (χ4n) is 2.34. The van der Waals surface area contributed by atoms with E-state index in [1.165, 1.54) is 6.07 Å². The predicted molar refractivity (Wildman–Crippen MR) is 67.6 cm³/mol. The first-order valence-electron chi connectivity index (χ1n) is 6.39. The molecule has 2 rings (SSSR count). The van der Waals surface area contributed by atoms with Crippen LogP contribution in [0.3, 0.4) is 0 Å². The van der Waals surface area contributed by atoms with Crippen LogP contribution in [0.4, 0.5) is 4.39 Å². The summed E-state index contributed by atoms with van der Waals surface area (Å²) in [6, 6.07) is 6.77. The Balaban J connectivity index is 2.32. The maximum absolute atomic E-state index is 13.8. The first-order chi connectivity index (χ1) is 8.24. The Kier molecular flexibility index (Phi) is 3.82. The van der Waals surface area contributed by atoms with Crippen molar-refractivity contribution in [3.63, 3.8) is 0 Å². The molecule has 1 fully saturated rings. The zero-order chi connectivity index (χ0) is 12.3. The Morgan fingerprint density at radius 2 is 2.06 bits per heavy atom. The maximum Gasteiger partial charge on any atom is 0.127 e. The van der Waals surface area contributed by atoms with Crippen LogP contribution in [0, 0.1) is 5.82 Å². The van der Waals surface area contributed by atoms with Gasteiger partial charge >= 0.3 is 0 Å². The lowest BCUT2D eigenvalue weighted by atomic mass is 9.83. The topological polar surface area (TPSA) is 20.2 Å². The van der Waals surface area contributed by atoms with Gasteiger partial charge in [-0.3, -0.25) is 0 Å². The van der Waals surface area contributed by atoms with Crippen molar-refractivity contribution < 1.29 is 9.50 Å². The van der Waals surface area contributed by atoms with Crippen LogP contribution >= 0.6 is 0 Å². The number of hydrogen-bond acceptors (Lipinski definition) is 1. The molecule has 1 nitrogen and oxygen atoms in total. The molecule has 0 aliphatic heterocycles. The summed E-state index contributed by atoms with van der Waals surface area (Å²) in [5.41, 5.74) is 1.75. The average molecular weight is 234 g/mol. The number of benzene rings is 1. The molecule has 1 aromatic carbocycles. The Morgan fingerprint density at radius 3 is 2.59 bits per heavy atom. The minimum absolute atomic E-state index is 0.156. The quantitative estimate of drug-likeness (QED) is 0.748. The molecule has 0 heterocycles. The Hall–Kier alpha value is -1.31. The normalized spacial score (nSPS) is 16.5. The minimum Gasteiger partial charge on any atom is -0.512 e. The molecule has 0 amide bonds. The highest BCUT2D eigenvalue weighted by molar-refractivity contribution is 5.31. The molecule has 0 saturated heterocycles. The molecule has 92 valence electrons. The SMILES string of the molecule is CCCC(C(O)=C1CCC1)c1ccccc1F. The fourth-order valence-corrected chi connectivity index (χ4v) is 2.34. The van der Waals surface area contributed by atoms with Crippen LogP contribution in [0.1, 0.15) is 50.5 Å². The second-order valence-corrected chi connectivity index (χ2v) is 4.71. The minimum atomic E-state index is -0.211. The van der Waals surface area contributed by atoms with Crippen molar-refractivity contribution in [1.29, 1.82) is 0 Å². The Labute approximate surface area is 102 Å². The molecule has 1 N–H and O–H groups in total. The van der Waals surface area contributed by atoms with E-state index in [0.717, 1.165) is 37.7 Å². The summed E-state index contributed by atoms with van der Waals surface area (Å²) >= 11 is 0. The molecule has 1 atom stereocenters. The van der Waals surface area contributed by atoms with E-state index in [9.17, 15) is 9.50 Å². The van der Waals surface area contributed by atoms with Gasteiger partial charge in [-0.25, -0.2) is 4.39 Å². The molecule has 0 bridgehead atoms. The van der Waals surface area contributed by atoms with Crippen molar-refractivity contribution in [2.45, 2.75) is 44.9 Å². The third-order valence-corrected chi connectivity index (χ3v) is 3.51. The Bertz CT molecular complexity index is 417. The van der Waals surface area contributed by atoms with Crippen molar-refractivity contribution in [2.24, 2.45) is 0 Å². The number of aliphatic hydroxyl groups excluding tert-OH is 1. The van der Waals surface area contributed by atoms with Gasteiger partial charge in [0.15, 0.2) is 0 Å². The second-order valence-electron chi connectivity index (χ2n) is 4.71. The van der Waals surface area contributed by atoms with Gasteiger partial charge in [-0.15, -0.1) is 0 Å². The first-order valence-corrected chi connectivity index (χ1v) is 6.39. The van der Waals surface area contributed by atoms with Crippen LogP contribution in [0.25, 0.3) is 0 Å². The molecule has 1 saturated carbocycles. The lowest BCUT2D eigenvalue weighted by molar-refractivity contribution is 0.334. The summed E-state index contributed by atoms with van der Waals surface area (Å²) in [7, 11) is 0. The number of rotatable bonds is 4. The summed E-state index contributed by atoms with van der Waals surface area (Å²) in [6.07, 6.45) is 4.84. The van der Waals surface area contributed by atoms with E-state index in [1.807, 2.05) is 6.07 Å². The van der Waals surface area contributed by atoms with Crippen LogP contribution < -0.4 is 0 Å². The number of halogens is 1. The first kappa shape index (κ1) is 12.2. The standard InChI is InChI=1S/C15H19FO/c1-2-6-13(15(17)11-7-5-8-11)12-9-3-4-10-14(12)16/h3-4,9-10,13,17H,2,5-8H2,1H3. The van der Waals surface area contributed by atoms with E-state index < -0.39 is 0 Å². The van der Waals surface area contributed by atoms with Gasteiger partial charge in [0, 0.05) is 5.92 Å². The monoisotopic (exact) mass is 234 g/mol. The summed E-state index contributed by atoms with van der Waals surface area (Å²) in [5, 5.41) is 10.3. The lowest BCUT2D eigenvalue weighted by Crippen LogP contribution is -2.11. The second kappa shape index (κ2) is 5.35. The van der Waals surface area contributed by atoms with E-state index in [0.29, 0.717) is 11.3 Å². The smallest absolute Gasteiger partial charge is 0.127 e. The number of allylic oxidation sites excluding steroid dienone is 2. The highest BCUT2D eigenvalue weighted by atomic mass is 19.1. The largest absolute Gasteiger partial charge is 0.512 e. The zero-order valence-corrected chi connectivity index (χ0v) is 10.2. The van der Waals surface area contributed by atoms with E-state index in [2.05, 4.69) is 6.92 Å². The maximum atomic E-state index is 13.8. The van der Waals surface area contributed by atoms with Crippen molar-refractivity contribution in [3.8, 4) is 0 Å². The summed E-state index contributed by atoms with van der Waals surface area (Å²) in [4.78, 5) is 0. The van der Waals surface area contributed by atoms with Gasteiger partial charge in [0.2, 0.25) is 0 Å². The van der Waals surface area contributed by atoms with Crippen LogP contribution in [-0.4, -0.2) is 5.11 Å². The summed E-state index contributed by atoms with van der Waals surface area (Å²) in [6.45, 7) is 2.06. The molecule has 1 aromatic rings. The van der Waals surface area contributed by atoms with Crippen molar-refractivity contribution in [2.75, 3.05) is 0 Å². The van der Waals surface area contributed by atoms with Gasteiger partial charge in [-0.2, -0.15) is 0 Å². The van der Waals surface area contributed by atoms with E-state index in [-0.39, 0.29) is 11.7 Å². The van der Waals surface area contributed by atoms with Crippen molar-refractivity contribution in [3.05, 3.63) is 47.0 Å². The van der Waals surface area contributed by atoms with E-state index in [4.69, 9.17) is 0 Å². The van der Waals surface area contributed by atoms with E-state index in [1.54, 1.807) is 12.1 Å². The van der Waals surface area contributed by atoms with E-state index >= 15 is 0 Å². The number of aliphatic hydroxyl groups is 1. The zero-order valence-electron chi connectivity index (χ0n) is 10.2. The van der Waals surface area contributed by atoms with Crippen LogP contribution in [0.2, 0.25) is 0 Å². The molecule has 0 radical (unpaired) electrons. The van der Waals surface area contributed by atoms with Gasteiger partial charge in [-0.05, 0) is 42.9 Å². The molecule has 0 spiro atoms. The lowest BCUT2D eigenvalue weighted by Gasteiger charge is -2.24. The summed E-state index contributed by atoms with van der Waals surface area (Å²) in [5.74, 6) is 0.0529. The molecular formula is C15H19FO. The van der Waals surface area contributed by atoms with Crippen LogP contribution in [0.5, 0.6) is 0 Å². The van der Waals surface area contributed by atoms with Gasteiger partial charge < -0.3 is 5.11 Å². The number of hydrogen-bond donors (Lipinski definition) is 1. The van der Waals surface area contributed by atoms with Crippen LogP contribution in [-0.2, 0) is 0 Å². The van der Waals surface area contributed by atoms with Crippen LogP contribution in [0.15, 0.2) is 35.6 Å². The van der Waals surface area contributed by atoms with Crippen molar-refractivity contribution >= 4 is 0 Å². The third kappa shape index (κ3) is 2.51. The average Bonchev–Trinajstić information content (AvgIpc) is 2.24. The van der Waals surface area contributed by atoms with Crippen molar-refractivity contribution in [1.82, 2.24) is 0 Å². The highest BCUT2D eigenvalue weighted by Crippen LogP contribution is 2.37. The molecule has 17 heavy (non-hydrogen) atoms. The third-order valence-electron chi connectivity index (χ3n) is 3.51. The fraction of sp³-hybridized carbons (Fsp3) is 0.467. The summed E-state index contributed by atoms with van der Waals surface area (Å²) < 4.78 is 13.8. The van der Waals surface area contributed by atoms with Gasteiger partial charge in [0.1, 0.15) is 5.82 Å². The van der Waals surface area contributed by atoms with Gasteiger partial charge in [-0.1, -0.05) is 31.5 Å². The molecule has 1 unspecified atom stereocenters. The molecule has 0 aromatic heterocycles. The van der Waals surface area contributed by atoms with Gasteiger partial charge in [0.25, 0.3) is 0 Å². The molecule has 1 aliphatic carbocycles. The highest BCUT2D eigenvalue weighted by Gasteiger charge is 2.24. The predicted octanol–water partition coefficient (Wildman–Crippen LogP) is 4.71. The van der Waals surface area contributed by atoms with Gasteiger partial charge in [0.05, 0.1) is 5.76 Å². The Morgan fingerprint density at radius 1 is 1.35 bits per heavy atom.